The molecule has 0 unspecified atom stereocenters. The Balaban J connectivity index is 1.40. The fourth-order valence-corrected chi connectivity index (χ4v) is 2.82. The van der Waals surface area contributed by atoms with Crippen LogP contribution in [0.25, 0.3) is 0 Å². The standard InChI is InChI=1S/C17H16N2O6/c20-19(21)13-6-17-16(23-10-24-17)5-11(13)7-18-8-12-9-22-14-3-1-2-4-15(14)25-12/h1-6,12,18H,7-10H2/t12-/m0/s1. The van der Waals surface area contributed by atoms with Crippen LogP contribution >= 0.6 is 0 Å². The van der Waals surface area contributed by atoms with Gasteiger partial charge in [-0.25, -0.2) is 0 Å². The number of nitrogens with zero attached hydrogens (tertiary/aromatic N) is 1. The summed E-state index contributed by atoms with van der Waals surface area (Å²) >= 11 is 0. The molecule has 8 heteroatoms. The van der Waals surface area contributed by atoms with E-state index in [1.54, 1.807) is 6.07 Å². The van der Waals surface area contributed by atoms with E-state index >= 15 is 0 Å². The minimum absolute atomic E-state index is 0.00269. The van der Waals surface area contributed by atoms with Crippen LogP contribution < -0.4 is 24.3 Å². The molecule has 0 amide bonds. The molecule has 2 aliphatic rings. The average molecular weight is 344 g/mol. The smallest absolute Gasteiger partial charge is 0.277 e. The van der Waals surface area contributed by atoms with Gasteiger partial charge in [0.1, 0.15) is 12.7 Å². The number of hydrogen-bond donors (Lipinski definition) is 1. The van der Waals surface area contributed by atoms with Crippen molar-refractivity contribution in [3.8, 4) is 23.0 Å². The molecule has 0 spiro atoms. The van der Waals surface area contributed by atoms with Crippen LogP contribution in [0.1, 0.15) is 5.56 Å². The first-order valence-electron chi connectivity index (χ1n) is 7.87. The van der Waals surface area contributed by atoms with E-state index in [0.717, 1.165) is 5.75 Å². The highest BCUT2D eigenvalue weighted by Crippen LogP contribution is 2.38. The lowest BCUT2D eigenvalue weighted by atomic mass is 10.1. The number of rotatable bonds is 5. The van der Waals surface area contributed by atoms with Crippen molar-refractivity contribution in [2.45, 2.75) is 12.6 Å². The van der Waals surface area contributed by atoms with E-state index in [4.69, 9.17) is 18.9 Å². The van der Waals surface area contributed by atoms with Gasteiger partial charge in [0.15, 0.2) is 23.0 Å². The SMILES string of the molecule is O=[N+]([O-])c1cc2c(cc1CNC[C@H]1COc3ccccc3O1)OCO2. The van der Waals surface area contributed by atoms with Gasteiger partial charge in [-0.1, -0.05) is 12.1 Å². The second kappa shape index (κ2) is 6.48. The summed E-state index contributed by atoms with van der Waals surface area (Å²) in [6.45, 7) is 1.32. The minimum Gasteiger partial charge on any atom is -0.486 e. The fraction of sp³-hybridized carbons (Fsp3) is 0.294. The maximum absolute atomic E-state index is 11.3. The third-order valence-electron chi connectivity index (χ3n) is 4.03. The van der Waals surface area contributed by atoms with E-state index in [1.165, 1.54) is 6.07 Å². The third kappa shape index (κ3) is 3.16. The fourth-order valence-electron chi connectivity index (χ4n) is 2.82. The van der Waals surface area contributed by atoms with Crippen molar-refractivity contribution >= 4 is 5.69 Å². The van der Waals surface area contributed by atoms with Gasteiger partial charge in [0, 0.05) is 18.7 Å². The zero-order valence-corrected chi connectivity index (χ0v) is 13.3. The summed E-state index contributed by atoms with van der Waals surface area (Å²) in [7, 11) is 0. The lowest BCUT2D eigenvalue weighted by Gasteiger charge is -2.26. The van der Waals surface area contributed by atoms with Gasteiger partial charge in [-0.15, -0.1) is 0 Å². The van der Waals surface area contributed by atoms with Crippen molar-refractivity contribution in [2.75, 3.05) is 19.9 Å². The molecule has 1 atom stereocenters. The van der Waals surface area contributed by atoms with Crippen molar-refractivity contribution in [3.63, 3.8) is 0 Å². The predicted molar refractivity (Wildman–Crippen MR) is 87.3 cm³/mol. The monoisotopic (exact) mass is 344 g/mol. The summed E-state index contributed by atoms with van der Waals surface area (Å²) in [6.07, 6.45) is -0.164. The molecule has 8 nitrogen and oxygen atoms in total. The lowest BCUT2D eigenvalue weighted by molar-refractivity contribution is -0.385. The number of benzene rings is 2. The molecule has 25 heavy (non-hydrogen) atoms. The first-order chi connectivity index (χ1) is 12.2. The first-order valence-corrected chi connectivity index (χ1v) is 7.87. The van der Waals surface area contributed by atoms with Crippen LogP contribution in [0.3, 0.4) is 0 Å². The molecule has 0 bridgehead atoms. The molecule has 2 aromatic rings. The number of nitro benzene ring substituents is 1. The van der Waals surface area contributed by atoms with Crippen LogP contribution in [0.5, 0.6) is 23.0 Å². The van der Waals surface area contributed by atoms with E-state index in [9.17, 15) is 10.1 Å². The second-order valence-corrected chi connectivity index (χ2v) is 5.72. The Hall–Kier alpha value is -3.00. The Labute approximate surface area is 143 Å². The first kappa shape index (κ1) is 15.5. The Morgan fingerprint density at radius 3 is 2.64 bits per heavy atom. The normalized spacial score (nSPS) is 17.4. The van der Waals surface area contributed by atoms with Crippen LogP contribution in [-0.2, 0) is 6.54 Å². The van der Waals surface area contributed by atoms with Crippen LogP contribution in [0.4, 0.5) is 5.69 Å². The highest BCUT2D eigenvalue weighted by Gasteiger charge is 2.24. The van der Waals surface area contributed by atoms with Gasteiger partial charge in [0.2, 0.25) is 6.79 Å². The third-order valence-corrected chi connectivity index (χ3v) is 4.03. The molecule has 0 saturated carbocycles. The Morgan fingerprint density at radius 2 is 1.84 bits per heavy atom. The summed E-state index contributed by atoms with van der Waals surface area (Å²) in [6, 6.07) is 10.5. The molecule has 2 aliphatic heterocycles. The number of fused-ring (bicyclic) bond motifs is 2. The van der Waals surface area contributed by atoms with Crippen molar-refractivity contribution in [1.29, 1.82) is 0 Å². The Kier molecular flexibility index (Phi) is 4.02. The molecule has 0 saturated heterocycles. The van der Waals surface area contributed by atoms with E-state index in [2.05, 4.69) is 5.32 Å². The van der Waals surface area contributed by atoms with Crippen molar-refractivity contribution in [1.82, 2.24) is 5.32 Å². The molecular formula is C17H16N2O6. The lowest BCUT2D eigenvalue weighted by Crippen LogP contribution is -2.38. The highest BCUT2D eigenvalue weighted by molar-refractivity contribution is 5.55. The van der Waals surface area contributed by atoms with Crippen LogP contribution in [0.15, 0.2) is 36.4 Å². The van der Waals surface area contributed by atoms with Gasteiger partial charge < -0.3 is 24.3 Å². The number of nitro groups is 1. The Morgan fingerprint density at radius 1 is 1.08 bits per heavy atom. The maximum Gasteiger partial charge on any atom is 0.277 e. The molecule has 2 aromatic carbocycles. The van der Waals surface area contributed by atoms with Gasteiger partial charge in [0.05, 0.1) is 11.0 Å². The summed E-state index contributed by atoms with van der Waals surface area (Å²) < 4.78 is 22.0. The molecule has 0 aromatic heterocycles. The summed E-state index contributed by atoms with van der Waals surface area (Å²) in [5, 5.41) is 14.4. The number of hydrogen-bond acceptors (Lipinski definition) is 7. The molecule has 2 heterocycles. The van der Waals surface area contributed by atoms with Crippen LogP contribution in [-0.4, -0.2) is 31.0 Å². The summed E-state index contributed by atoms with van der Waals surface area (Å²) in [5.74, 6) is 2.35. The zero-order valence-electron chi connectivity index (χ0n) is 13.3. The summed E-state index contributed by atoms with van der Waals surface area (Å²) in [4.78, 5) is 10.8. The minimum atomic E-state index is -0.421. The molecule has 0 aliphatic carbocycles. The topological polar surface area (TPSA) is 92.1 Å². The largest absolute Gasteiger partial charge is 0.486 e. The quantitative estimate of drug-likeness (QED) is 0.657. The van der Waals surface area contributed by atoms with Gasteiger partial charge in [-0.3, -0.25) is 10.1 Å². The van der Waals surface area contributed by atoms with Gasteiger partial charge in [0.25, 0.3) is 5.69 Å². The second-order valence-electron chi connectivity index (χ2n) is 5.72. The van der Waals surface area contributed by atoms with Crippen molar-refractivity contribution in [3.05, 3.63) is 52.1 Å². The Bertz CT molecular complexity index is 810. The number of ether oxygens (including phenoxy) is 4. The molecule has 0 fully saturated rings. The van der Waals surface area contributed by atoms with E-state index in [-0.39, 0.29) is 18.6 Å². The van der Waals surface area contributed by atoms with Gasteiger partial charge in [-0.05, 0) is 18.2 Å². The van der Waals surface area contributed by atoms with Crippen molar-refractivity contribution < 1.29 is 23.9 Å². The van der Waals surface area contributed by atoms with E-state index < -0.39 is 4.92 Å². The molecule has 0 radical (unpaired) electrons. The summed E-state index contributed by atoms with van der Waals surface area (Å²) in [5.41, 5.74) is 0.536. The molecule has 1 N–H and O–H groups in total. The molecule has 4 rings (SSSR count). The van der Waals surface area contributed by atoms with Gasteiger partial charge >= 0.3 is 0 Å². The van der Waals surface area contributed by atoms with Gasteiger partial charge in [-0.2, -0.15) is 0 Å². The maximum atomic E-state index is 11.3. The number of nitrogens with one attached hydrogen (secondary N) is 1. The van der Waals surface area contributed by atoms with E-state index in [1.807, 2.05) is 24.3 Å². The average Bonchev–Trinajstić information content (AvgIpc) is 3.08. The van der Waals surface area contributed by atoms with Crippen LogP contribution in [0, 0.1) is 10.1 Å². The van der Waals surface area contributed by atoms with E-state index in [0.29, 0.717) is 42.5 Å². The molecular weight excluding hydrogens is 328 g/mol. The highest BCUT2D eigenvalue weighted by atomic mass is 16.7. The zero-order chi connectivity index (χ0) is 17.2. The van der Waals surface area contributed by atoms with Crippen LogP contribution in [0.2, 0.25) is 0 Å². The molecule has 130 valence electrons. The van der Waals surface area contributed by atoms with Crippen molar-refractivity contribution in [2.24, 2.45) is 0 Å². The number of para-hydroxylation sites is 2. The predicted octanol–water partition coefficient (Wildman–Crippen LogP) is 2.25.